The summed E-state index contributed by atoms with van der Waals surface area (Å²) in [5.41, 5.74) is 5.21. The summed E-state index contributed by atoms with van der Waals surface area (Å²) in [5.74, 6) is -0.110. The summed E-state index contributed by atoms with van der Waals surface area (Å²) in [6.45, 7) is 5.83. The molecule has 3 rings (SSSR count). The van der Waals surface area contributed by atoms with Crippen molar-refractivity contribution in [1.29, 1.82) is 0 Å². The monoisotopic (exact) mass is 422 g/mol. The number of aryl methyl sites for hydroxylation is 3. The van der Waals surface area contributed by atoms with Crippen molar-refractivity contribution in [2.45, 2.75) is 32.1 Å². The summed E-state index contributed by atoms with van der Waals surface area (Å²) in [7, 11) is -2.12. The lowest BCUT2D eigenvalue weighted by molar-refractivity contribution is -0.115. The van der Waals surface area contributed by atoms with E-state index in [-0.39, 0.29) is 17.2 Å². The van der Waals surface area contributed by atoms with E-state index in [0.29, 0.717) is 5.69 Å². The van der Waals surface area contributed by atoms with E-state index in [9.17, 15) is 13.2 Å². The Kier molecular flexibility index (Phi) is 6.27. The van der Waals surface area contributed by atoms with Gasteiger partial charge in [-0.05, 0) is 61.7 Å². The van der Waals surface area contributed by atoms with Crippen LogP contribution in [0.5, 0.6) is 0 Å². The molecule has 0 fully saturated rings. The molecule has 1 amide bonds. The first-order valence-corrected chi connectivity index (χ1v) is 11.1. The molecular formula is C24H26N2O3S. The van der Waals surface area contributed by atoms with Gasteiger partial charge in [0.2, 0.25) is 5.91 Å². The Balaban J connectivity index is 1.71. The molecule has 156 valence electrons. The molecule has 0 heterocycles. The molecule has 0 aliphatic rings. The first-order chi connectivity index (χ1) is 14.2. The Morgan fingerprint density at radius 2 is 1.43 bits per heavy atom. The second-order valence-corrected chi connectivity index (χ2v) is 9.41. The lowest BCUT2D eigenvalue weighted by atomic mass is 10.1. The highest BCUT2D eigenvalue weighted by atomic mass is 32.2. The third-order valence-corrected chi connectivity index (χ3v) is 6.89. The van der Waals surface area contributed by atoms with Gasteiger partial charge in [0, 0.05) is 12.7 Å². The zero-order valence-corrected chi connectivity index (χ0v) is 18.5. The SMILES string of the molecule is Cc1ccc(S(=O)(=O)N(C)c2ccc(CC(=O)Nc3c(C)cccc3C)cc2)cc1. The van der Waals surface area contributed by atoms with Crippen LogP contribution in [0.1, 0.15) is 22.3 Å². The van der Waals surface area contributed by atoms with Crippen LogP contribution in [-0.2, 0) is 21.2 Å². The highest BCUT2D eigenvalue weighted by Gasteiger charge is 2.21. The standard InChI is InChI=1S/C24H26N2O3S/c1-17-8-14-22(15-9-17)30(28,29)26(4)21-12-10-20(11-13-21)16-23(27)25-24-18(2)6-5-7-19(24)3/h5-15H,16H2,1-4H3,(H,25,27). The van der Waals surface area contributed by atoms with E-state index in [0.717, 1.165) is 27.9 Å². The number of carbonyl (C=O) groups excluding carboxylic acids is 1. The molecule has 0 spiro atoms. The van der Waals surface area contributed by atoms with Gasteiger partial charge in [0.05, 0.1) is 17.0 Å². The molecule has 0 bridgehead atoms. The summed E-state index contributed by atoms with van der Waals surface area (Å²) in [4.78, 5) is 12.7. The number of carbonyl (C=O) groups is 1. The summed E-state index contributed by atoms with van der Waals surface area (Å²) in [5, 5.41) is 2.97. The lowest BCUT2D eigenvalue weighted by Gasteiger charge is -2.20. The van der Waals surface area contributed by atoms with E-state index in [1.165, 1.54) is 11.4 Å². The fraction of sp³-hybridized carbons (Fsp3) is 0.208. The van der Waals surface area contributed by atoms with E-state index in [2.05, 4.69) is 5.32 Å². The first kappa shape index (κ1) is 21.6. The molecule has 0 saturated heterocycles. The van der Waals surface area contributed by atoms with Crippen LogP contribution >= 0.6 is 0 Å². The highest BCUT2D eigenvalue weighted by molar-refractivity contribution is 7.92. The first-order valence-electron chi connectivity index (χ1n) is 9.69. The maximum absolute atomic E-state index is 12.8. The Labute approximate surface area is 178 Å². The van der Waals surface area contributed by atoms with Gasteiger partial charge in [-0.2, -0.15) is 0 Å². The Bertz CT molecular complexity index is 1130. The molecule has 6 heteroatoms. The highest BCUT2D eigenvalue weighted by Crippen LogP contribution is 2.23. The fourth-order valence-electron chi connectivity index (χ4n) is 3.21. The van der Waals surface area contributed by atoms with E-state index in [1.807, 2.05) is 39.0 Å². The topological polar surface area (TPSA) is 66.5 Å². The molecule has 0 atom stereocenters. The van der Waals surface area contributed by atoms with Gasteiger partial charge in [-0.3, -0.25) is 9.10 Å². The number of amides is 1. The number of rotatable bonds is 6. The van der Waals surface area contributed by atoms with Crippen LogP contribution < -0.4 is 9.62 Å². The lowest BCUT2D eigenvalue weighted by Crippen LogP contribution is -2.26. The van der Waals surface area contributed by atoms with Crippen LogP contribution in [0.25, 0.3) is 0 Å². The summed E-state index contributed by atoms with van der Waals surface area (Å²) in [6, 6.07) is 19.6. The minimum Gasteiger partial charge on any atom is -0.325 e. The normalized spacial score (nSPS) is 11.2. The number of nitrogens with one attached hydrogen (secondary N) is 1. The molecule has 0 aromatic heterocycles. The molecule has 30 heavy (non-hydrogen) atoms. The quantitative estimate of drug-likeness (QED) is 0.630. The molecule has 1 N–H and O–H groups in total. The van der Waals surface area contributed by atoms with Crippen molar-refractivity contribution < 1.29 is 13.2 Å². The van der Waals surface area contributed by atoms with Gasteiger partial charge in [-0.1, -0.05) is 48.0 Å². The van der Waals surface area contributed by atoms with Gasteiger partial charge in [0.1, 0.15) is 0 Å². The van der Waals surface area contributed by atoms with E-state index >= 15 is 0 Å². The number of anilines is 2. The number of benzene rings is 3. The predicted octanol–water partition coefficient (Wildman–Crippen LogP) is 4.62. The third-order valence-electron chi connectivity index (χ3n) is 5.09. The van der Waals surface area contributed by atoms with Crippen molar-refractivity contribution in [3.05, 3.63) is 89.0 Å². The second kappa shape index (κ2) is 8.71. The largest absolute Gasteiger partial charge is 0.325 e. The van der Waals surface area contributed by atoms with E-state index < -0.39 is 10.0 Å². The van der Waals surface area contributed by atoms with Gasteiger partial charge >= 0.3 is 0 Å². The van der Waals surface area contributed by atoms with E-state index in [1.54, 1.807) is 48.5 Å². The average Bonchev–Trinajstić information content (AvgIpc) is 2.71. The maximum Gasteiger partial charge on any atom is 0.264 e. The smallest absolute Gasteiger partial charge is 0.264 e. The number of para-hydroxylation sites is 1. The molecule has 0 unspecified atom stereocenters. The van der Waals surface area contributed by atoms with Crippen molar-refractivity contribution in [3.8, 4) is 0 Å². The fourth-order valence-corrected chi connectivity index (χ4v) is 4.41. The zero-order valence-electron chi connectivity index (χ0n) is 17.6. The average molecular weight is 423 g/mol. The van der Waals surface area contributed by atoms with E-state index in [4.69, 9.17) is 0 Å². The summed E-state index contributed by atoms with van der Waals surface area (Å²) in [6.07, 6.45) is 0.211. The van der Waals surface area contributed by atoms with Crippen LogP contribution in [0.3, 0.4) is 0 Å². The van der Waals surface area contributed by atoms with Gasteiger partial charge in [0.15, 0.2) is 0 Å². The van der Waals surface area contributed by atoms with Crippen molar-refractivity contribution in [1.82, 2.24) is 0 Å². The molecule has 0 aliphatic carbocycles. The van der Waals surface area contributed by atoms with Gasteiger partial charge < -0.3 is 5.32 Å². The van der Waals surface area contributed by atoms with Crippen LogP contribution in [0.4, 0.5) is 11.4 Å². The number of sulfonamides is 1. The minimum atomic E-state index is -3.64. The molecule has 3 aromatic carbocycles. The Morgan fingerprint density at radius 1 is 0.867 bits per heavy atom. The zero-order chi connectivity index (χ0) is 21.9. The van der Waals surface area contributed by atoms with Crippen molar-refractivity contribution in [2.75, 3.05) is 16.7 Å². The van der Waals surface area contributed by atoms with Crippen molar-refractivity contribution in [2.24, 2.45) is 0 Å². The van der Waals surface area contributed by atoms with Gasteiger partial charge in [0.25, 0.3) is 10.0 Å². The summed E-state index contributed by atoms with van der Waals surface area (Å²) >= 11 is 0. The van der Waals surface area contributed by atoms with Crippen LogP contribution in [0.15, 0.2) is 71.6 Å². The molecular weight excluding hydrogens is 396 g/mol. The maximum atomic E-state index is 12.8. The number of hydrogen-bond donors (Lipinski definition) is 1. The van der Waals surface area contributed by atoms with Crippen LogP contribution in [-0.4, -0.2) is 21.4 Å². The molecule has 0 saturated carbocycles. The van der Waals surface area contributed by atoms with Crippen LogP contribution in [0, 0.1) is 20.8 Å². The van der Waals surface area contributed by atoms with Crippen LogP contribution in [0.2, 0.25) is 0 Å². The Hall–Kier alpha value is -3.12. The van der Waals surface area contributed by atoms with Crippen molar-refractivity contribution in [3.63, 3.8) is 0 Å². The predicted molar refractivity (Wildman–Crippen MR) is 121 cm³/mol. The molecule has 3 aromatic rings. The minimum absolute atomic E-state index is 0.110. The summed E-state index contributed by atoms with van der Waals surface area (Å²) < 4.78 is 26.9. The molecule has 0 aliphatic heterocycles. The second-order valence-electron chi connectivity index (χ2n) is 7.44. The Morgan fingerprint density at radius 3 is 2.00 bits per heavy atom. The number of hydrogen-bond acceptors (Lipinski definition) is 3. The van der Waals surface area contributed by atoms with Gasteiger partial charge in [-0.25, -0.2) is 8.42 Å². The van der Waals surface area contributed by atoms with Crippen molar-refractivity contribution >= 4 is 27.3 Å². The molecule has 0 radical (unpaired) electrons. The third kappa shape index (κ3) is 4.71. The molecule has 5 nitrogen and oxygen atoms in total. The van der Waals surface area contributed by atoms with Gasteiger partial charge in [-0.15, -0.1) is 0 Å². The number of nitrogens with zero attached hydrogens (tertiary/aromatic N) is 1.